The number of hydrogen-bond acceptors (Lipinski definition) is 4. The van der Waals surface area contributed by atoms with Gasteiger partial charge in [-0.2, -0.15) is 0 Å². The van der Waals surface area contributed by atoms with E-state index in [1.165, 1.54) is 12.8 Å². The number of nitrogens with zero attached hydrogens (tertiary/aromatic N) is 3. The number of rotatable bonds is 4. The maximum absolute atomic E-state index is 5.38. The van der Waals surface area contributed by atoms with Crippen LogP contribution in [0.4, 0.5) is 5.82 Å². The molecular weight excluding hydrogens is 202 g/mol. The molecule has 1 atom stereocenters. The lowest BCUT2D eigenvalue weighted by molar-refractivity contribution is 0.326. The van der Waals surface area contributed by atoms with Gasteiger partial charge in [0.15, 0.2) is 0 Å². The fourth-order valence-corrected chi connectivity index (χ4v) is 2.10. The Morgan fingerprint density at radius 2 is 2.31 bits per heavy atom. The molecule has 1 aromatic rings. The van der Waals surface area contributed by atoms with Crippen molar-refractivity contribution < 1.29 is 4.74 Å². The van der Waals surface area contributed by atoms with Crippen LogP contribution in [-0.2, 0) is 0 Å². The van der Waals surface area contributed by atoms with Crippen molar-refractivity contribution in [2.75, 3.05) is 24.6 Å². The summed E-state index contributed by atoms with van der Waals surface area (Å²) in [5.74, 6) is 2.48. The molecular formula is C12H19N3O. The van der Waals surface area contributed by atoms with Crippen molar-refractivity contribution in [3.63, 3.8) is 0 Å². The predicted molar refractivity (Wildman–Crippen MR) is 63.8 cm³/mol. The first-order chi connectivity index (χ1) is 7.83. The van der Waals surface area contributed by atoms with E-state index in [0.29, 0.717) is 12.5 Å². The minimum Gasteiger partial charge on any atom is -0.478 e. The Labute approximate surface area is 96.7 Å². The first-order valence-electron chi connectivity index (χ1n) is 6.03. The van der Waals surface area contributed by atoms with Crippen LogP contribution in [0.1, 0.15) is 26.7 Å². The van der Waals surface area contributed by atoms with Crippen LogP contribution >= 0.6 is 0 Å². The molecule has 4 nitrogen and oxygen atoms in total. The van der Waals surface area contributed by atoms with E-state index in [2.05, 4.69) is 21.8 Å². The second-order valence-corrected chi connectivity index (χ2v) is 4.16. The number of aromatic nitrogens is 2. The van der Waals surface area contributed by atoms with E-state index >= 15 is 0 Å². The molecule has 0 amide bonds. The van der Waals surface area contributed by atoms with Crippen LogP contribution in [0, 0.1) is 5.92 Å². The first-order valence-corrected chi connectivity index (χ1v) is 6.03. The Morgan fingerprint density at radius 1 is 1.44 bits per heavy atom. The summed E-state index contributed by atoms with van der Waals surface area (Å²) in [5, 5.41) is 0. The highest BCUT2D eigenvalue weighted by Gasteiger charge is 2.22. The largest absolute Gasteiger partial charge is 0.478 e. The molecule has 0 aromatic carbocycles. The zero-order chi connectivity index (χ0) is 11.4. The standard InChI is InChI=1S/C12H19N3O/c1-3-10-5-6-15(8-10)11-7-12(16-4-2)14-9-13-11/h7,9-10H,3-6,8H2,1-2H3. The van der Waals surface area contributed by atoms with Gasteiger partial charge >= 0.3 is 0 Å². The number of anilines is 1. The average molecular weight is 221 g/mol. The molecule has 0 bridgehead atoms. The van der Waals surface area contributed by atoms with Crippen molar-refractivity contribution in [3.8, 4) is 5.88 Å². The van der Waals surface area contributed by atoms with Gasteiger partial charge in [-0.25, -0.2) is 9.97 Å². The molecule has 0 N–H and O–H groups in total. The summed E-state index contributed by atoms with van der Waals surface area (Å²) in [6.45, 7) is 7.07. The minimum absolute atomic E-state index is 0.647. The maximum Gasteiger partial charge on any atom is 0.218 e. The topological polar surface area (TPSA) is 38.2 Å². The van der Waals surface area contributed by atoms with E-state index in [4.69, 9.17) is 4.74 Å². The van der Waals surface area contributed by atoms with Gasteiger partial charge in [-0.1, -0.05) is 13.3 Å². The van der Waals surface area contributed by atoms with Crippen LogP contribution in [-0.4, -0.2) is 29.7 Å². The molecule has 1 fully saturated rings. The van der Waals surface area contributed by atoms with E-state index in [1.807, 2.05) is 13.0 Å². The molecule has 16 heavy (non-hydrogen) atoms. The van der Waals surface area contributed by atoms with E-state index in [9.17, 15) is 0 Å². The smallest absolute Gasteiger partial charge is 0.218 e. The van der Waals surface area contributed by atoms with Gasteiger partial charge in [0.1, 0.15) is 12.1 Å². The van der Waals surface area contributed by atoms with Crippen LogP contribution < -0.4 is 9.64 Å². The summed E-state index contributed by atoms with van der Waals surface area (Å²) < 4.78 is 5.38. The zero-order valence-corrected chi connectivity index (χ0v) is 10.0. The molecule has 1 aliphatic rings. The van der Waals surface area contributed by atoms with Crippen molar-refractivity contribution >= 4 is 5.82 Å². The summed E-state index contributed by atoms with van der Waals surface area (Å²) >= 11 is 0. The SMILES string of the molecule is CCOc1cc(N2CCC(CC)C2)ncn1. The Balaban J connectivity index is 2.06. The summed E-state index contributed by atoms with van der Waals surface area (Å²) in [4.78, 5) is 10.7. The molecule has 0 saturated carbocycles. The van der Waals surface area contributed by atoms with Gasteiger partial charge in [-0.15, -0.1) is 0 Å². The lowest BCUT2D eigenvalue weighted by Gasteiger charge is -2.17. The first kappa shape index (κ1) is 11.2. The predicted octanol–water partition coefficient (Wildman–Crippen LogP) is 2.11. The van der Waals surface area contributed by atoms with Crippen LogP contribution in [0.3, 0.4) is 0 Å². The van der Waals surface area contributed by atoms with Gasteiger partial charge in [-0.3, -0.25) is 0 Å². The van der Waals surface area contributed by atoms with E-state index < -0.39 is 0 Å². The molecule has 4 heteroatoms. The monoisotopic (exact) mass is 221 g/mol. The third-order valence-corrected chi connectivity index (χ3v) is 3.11. The van der Waals surface area contributed by atoms with Gasteiger partial charge in [0.25, 0.3) is 0 Å². The number of ether oxygens (including phenoxy) is 1. The molecule has 0 radical (unpaired) electrons. The van der Waals surface area contributed by atoms with Crippen molar-refractivity contribution in [2.45, 2.75) is 26.7 Å². The van der Waals surface area contributed by atoms with E-state index in [-0.39, 0.29) is 0 Å². The summed E-state index contributed by atoms with van der Waals surface area (Å²) in [5.41, 5.74) is 0. The summed E-state index contributed by atoms with van der Waals surface area (Å²) in [6.07, 6.45) is 4.10. The molecule has 1 unspecified atom stereocenters. The Hall–Kier alpha value is -1.32. The van der Waals surface area contributed by atoms with Gasteiger partial charge in [0, 0.05) is 19.2 Å². The molecule has 0 aliphatic carbocycles. The van der Waals surface area contributed by atoms with Crippen LogP contribution in [0.25, 0.3) is 0 Å². The third-order valence-electron chi connectivity index (χ3n) is 3.11. The van der Waals surface area contributed by atoms with Gasteiger partial charge < -0.3 is 9.64 Å². The average Bonchev–Trinajstić information content (AvgIpc) is 2.78. The molecule has 1 saturated heterocycles. The molecule has 0 spiro atoms. The highest BCUT2D eigenvalue weighted by molar-refractivity contribution is 5.41. The molecule has 2 rings (SSSR count). The van der Waals surface area contributed by atoms with Crippen molar-refractivity contribution in [1.29, 1.82) is 0 Å². The molecule has 2 heterocycles. The zero-order valence-electron chi connectivity index (χ0n) is 10.0. The quantitative estimate of drug-likeness (QED) is 0.780. The lowest BCUT2D eigenvalue weighted by atomic mass is 10.1. The van der Waals surface area contributed by atoms with E-state index in [1.54, 1.807) is 6.33 Å². The van der Waals surface area contributed by atoms with Gasteiger partial charge in [0.2, 0.25) is 5.88 Å². The Morgan fingerprint density at radius 3 is 3.00 bits per heavy atom. The highest BCUT2D eigenvalue weighted by atomic mass is 16.5. The van der Waals surface area contributed by atoms with Gasteiger partial charge in [0.05, 0.1) is 6.61 Å². The normalized spacial score (nSPS) is 20.1. The summed E-state index contributed by atoms with van der Waals surface area (Å²) in [7, 11) is 0. The second-order valence-electron chi connectivity index (χ2n) is 4.16. The van der Waals surface area contributed by atoms with Crippen LogP contribution in [0.5, 0.6) is 5.88 Å². The number of hydrogen-bond donors (Lipinski definition) is 0. The van der Waals surface area contributed by atoms with Crippen molar-refractivity contribution in [2.24, 2.45) is 5.92 Å². The molecule has 1 aromatic heterocycles. The Kier molecular flexibility index (Phi) is 3.59. The Bertz CT molecular complexity index is 343. The van der Waals surface area contributed by atoms with E-state index in [0.717, 1.165) is 24.8 Å². The third kappa shape index (κ3) is 2.43. The van der Waals surface area contributed by atoms with Gasteiger partial charge in [-0.05, 0) is 19.3 Å². The molecule has 1 aliphatic heterocycles. The second kappa shape index (κ2) is 5.14. The van der Waals surface area contributed by atoms with Crippen molar-refractivity contribution in [1.82, 2.24) is 9.97 Å². The summed E-state index contributed by atoms with van der Waals surface area (Å²) in [6, 6.07) is 1.93. The van der Waals surface area contributed by atoms with Crippen LogP contribution in [0.2, 0.25) is 0 Å². The lowest BCUT2D eigenvalue weighted by Crippen LogP contribution is -2.20. The fraction of sp³-hybridized carbons (Fsp3) is 0.667. The van der Waals surface area contributed by atoms with Crippen LogP contribution in [0.15, 0.2) is 12.4 Å². The highest BCUT2D eigenvalue weighted by Crippen LogP contribution is 2.25. The fourth-order valence-electron chi connectivity index (χ4n) is 2.10. The minimum atomic E-state index is 0.647. The maximum atomic E-state index is 5.38. The van der Waals surface area contributed by atoms with Crippen molar-refractivity contribution in [3.05, 3.63) is 12.4 Å². The molecule has 88 valence electrons.